The number of nitrogens with zero attached hydrogens (tertiary/aromatic N) is 3. The van der Waals surface area contributed by atoms with Gasteiger partial charge in [-0.05, 0) is 39.1 Å². The van der Waals surface area contributed by atoms with Crippen molar-refractivity contribution in [2.24, 2.45) is 0 Å². The van der Waals surface area contributed by atoms with E-state index in [1.165, 1.54) is 22.7 Å². The minimum atomic E-state index is -0.529. The summed E-state index contributed by atoms with van der Waals surface area (Å²) in [5, 5.41) is 8.30. The third kappa shape index (κ3) is 4.55. The number of thiophene rings is 1. The number of ether oxygens (including phenoxy) is 1. The molecule has 0 bridgehead atoms. The van der Waals surface area contributed by atoms with Crippen LogP contribution in [0.2, 0.25) is 0 Å². The van der Waals surface area contributed by atoms with Crippen molar-refractivity contribution in [3.8, 4) is 10.6 Å². The molecule has 30 heavy (non-hydrogen) atoms. The molecule has 1 N–H and O–H groups in total. The van der Waals surface area contributed by atoms with Gasteiger partial charge in [0.15, 0.2) is 5.13 Å². The zero-order valence-electron chi connectivity index (χ0n) is 17.1. The standard InChI is InChI=1S/C20H22N4O3S3/c1-11-15(30-17(21-11)12-6-8-28-10-12)16(25)23-18-22-13-5-7-24(9-14(13)29-18)19(26)27-20(2,3)4/h6,8,10H,5,7,9H2,1-4H3,(H,22,23,25). The monoisotopic (exact) mass is 462 g/mol. The van der Waals surface area contributed by atoms with E-state index in [4.69, 9.17) is 4.74 Å². The minimum absolute atomic E-state index is 0.207. The Kier molecular flexibility index (Phi) is 5.65. The molecule has 1 aliphatic rings. The number of nitrogens with one attached hydrogen (secondary N) is 1. The van der Waals surface area contributed by atoms with Crippen LogP contribution in [0.4, 0.5) is 9.93 Å². The van der Waals surface area contributed by atoms with Crippen molar-refractivity contribution in [3.05, 3.63) is 38.0 Å². The van der Waals surface area contributed by atoms with Crippen LogP contribution in [0.1, 0.15) is 46.7 Å². The van der Waals surface area contributed by atoms with Gasteiger partial charge in [0.05, 0.1) is 17.9 Å². The molecule has 4 rings (SSSR count). The molecule has 0 radical (unpaired) electrons. The Morgan fingerprint density at radius 3 is 2.73 bits per heavy atom. The third-order valence-corrected chi connectivity index (χ3v) is 7.26. The highest BCUT2D eigenvalue weighted by molar-refractivity contribution is 7.18. The fourth-order valence-corrected chi connectivity index (χ4v) is 5.69. The van der Waals surface area contributed by atoms with Crippen molar-refractivity contribution in [1.82, 2.24) is 14.9 Å². The lowest BCUT2D eigenvalue weighted by atomic mass is 10.2. The molecule has 0 atom stereocenters. The topological polar surface area (TPSA) is 84.4 Å². The molecular weight excluding hydrogens is 440 g/mol. The van der Waals surface area contributed by atoms with Gasteiger partial charge in [-0.25, -0.2) is 14.8 Å². The summed E-state index contributed by atoms with van der Waals surface area (Å²) in [6.07, 6.45) is 0.316. The van der Waals surface area contributed by atoms with Crippen LogP contribution in [0, 0.1) is 6.92 Å². The number of carbonyl (C=O) groups is 2. The third-order valence-electron chi connectivity index (χ3n) is 4.37. The maximum Gasteiger partial charge on any atom is 0.410 e. The Hall–Kier alpha value is -2.30. The van der Waals surface area contributed by atoms with Gasteiger partial charge in [-0.15, -0.1) is 11.3 Å². The molecule has 4 heterocycles. The summed E-state index contributed by atoms with van der Waals surface area (Å²) in [7, 11) is 0. The van der Waals surface area contributed by atoms with Crippen LogP contribution in [0.25, 0.3) is 10.6 Å². The molecule has 10 heteroatoms. The lowest BCUT2D eigenvalue weighted by Gasteiger charge is -2.29. The first-order valence-corrected chi connectivity index (χ1v) is 12.0. The van der Waals surface area contributed by atoms with Gasteiger partial charge >= 0.3 is 6.09 Å². The molecule has 2 amide bonds. The van der Waals surface area contributed by atoms with Crippen LogP contribution in [0.3, 0.4) is 0 Å². The lowest BCUT2D eigenvalue weighted by Crippen LogP contribution is -2.39. The van der Waals surface area contributed by atoms with Crippen LogP contribution in [0.5, 0.6) is 0 Å². The second kappa shape index (κ2) is 8.09. The molecule has 0 unspecified atom stereocenters. The number of hydrogen-bond donors (Lipinski definition) is 1. The summed E-state index contributed by atoms with van der Waals surface area (Å²) in [5.41, 5.74) is 2.13. The number of carbonyl (C=O) groups excluding carboxylic acids is 2. The fraction of sp³-hybridized carbons (Fsp3) is 0.400. The van der Waals surface area contributed by atoms with E-state index in [1.807, 2.05) is 44.5 Å². The first kappa shape index (κ1) is 21.0. The quantitative estimate of drug-likeness (QED) is 0.580. The van der Waals surface area contributed by atoms with Crippen molar-refractivity contribution in [3.63, 3.8) is 0 Å². The van der Waals surface area contributed by atoms with Gasteiger partial charge in [0.1, 0.15) is 15.5 Å². The predicted octanol–water partition coefficient (Wildman–Crippen LogP) is 5.18. The highest BCUT2D eigenvalue weighted by Crippen LogP contribution is 2.32. The van der Waals surface area contributed by atoms with E-state index >= 15 is 0 Å². The molecular formula is C20H22N4O3S3. The molecule has 0 aromatic carbocycles. The molecule has 7 nitrogen and oxygen atoms in total. The van der Waals surface area contributed by atoms with E-state index in [-0.39, 0.29) is 12.0 Å². The van der Waals surface area contributed by atoms with Gasteiger partial charge in [0, 0.05) is 28.8 Å². The number of aryl methyl sites for hydroxylation is 1. The zero-order valence-corrected chi connectivity index (χ0v) is 19.6. The summed E-state index contributed by atoms with van der Waals surface area (Å²) in [5.74, 6) is -0.207. The van der Waals surface area contributed by atoms with Crippen molar-refractivity contribution >= 4 is 51.1 Å². The first-order valence-electron chi connectivity index (χ1n) is 9.47. The smallest absolute Gasteiger partial charge is 0.410 e. The second-order valence-corrected chi connectivity index (χ2v) is 10.8. The Labute approximate surface area is 186 Å². The largest absolute Gasteiger partial charge is 0.444 e. The number of amides is 2. The number of fused-ring (bicyclic) bond motifs is 1. The predicted molar refractivity (Wildman–Crippen MR) is 121 cm³/mol. The Balaban J connectivity index is 1.45. The molecule has 0 saturated carbocycles. The van der Waals surface area contributed by atoms with Crippen LogP contribution < -0.4 is 5.32 Å². The SMILES string of the molecule is Cc1nc(-c2ccsc2)sc1C(=O)Nc1nc2c(s1)CN(C(=O)OC(C)(C)C)CC2. The summed E-state index contributed by atoms with van der Waals surface area (Å²) >= 11 is 4.38. The average molecular weight is 463 g/mol. The second-order valence-electron chi connectivity index (χ2n) is 7.94. The van der Waals surface area contributed by atoms with E-state index < -0.39 is 5.60 Å². The number of anilines is 1. The Bertz CT molecular complexity index is 1080. The fourth-order valence-electron chi connectivity index (χ4n) is 3.00. The van der Waals surface area contributed by atoms with Crippen molar-refractivity contribution in [2.75, 3.05) is 11.9 Å². The molecule has 1 aliphatic heterocycles. The van der Waals surface area contributed by atoms with Crippen LogP contribution in [0.15, 0.2) is 16.8 Å². The van der Waals surface area contributed by atoms with E-state index in [0.29, 0.717) is 35.2 Å². The summed E-state index contributed by atoms with van der Waals surface area (Å²) in [6.45, 7) is 8.40. The van der Waals surface area contributed by atoms with Crippen LogP contribution in [-0.2, 0) is 17.7 Å². The van der Waals surface area contributed by atoms with Crippen molar-refractivity contribution in [2.45, 2.75) is 46.3 Å². The molecule has 158 valence electrons. The van der Waals surface area contributed by atoms with Gasteiger partial charge in [0.2, 0.25) is 0 Å². The number of hydrogen-bond acceptors (Lipinski definition) is 8. The Morgan fingerprint density at radius 2 is 2.03 bits per heavy atom. The first-order chi connectivity index (χ1) is 14.2. The van der Waals surface area contributed by atoms with Gasteiger partial charge in [-0.1, -0.05) is 11.3 Å². The molecule has 0 saturated heterocycles. The molecule has 3 aromatic rings. The van der Waals surface area contributed by atoms with Crippen molar-refractivity contribution < 1.29 is 14.3 Å². The lowest BCUT2D eigenvalue weighted by molar-refractivity contribution is 0.0225. The number of thiazole rings is 2. The maximum atomic E-state index is 12.8. The maximum absolute atomic E-state index is 12.8. The highest BCUT2D eigenvalue weighted by atomic mass is 32.1. The Morgan fingerprint density at radius 1 is 1.23 bits per heavy atom. The number of rotatable bonds is 3. The van der Waals surface area contributed by atoms with E-state index in [0.717, 1.165) is 21.1 Å². The summed E-state index contributed by atoms with van der Waals surface area (Å²) in [6, 6.07) is 2.00. The normalized spacial score (nSPS) is 13.8. The van der Waals surface area contributed by atoms with Gasteiger partial charge in [0.25, 0.3) is 5.91 Å². The molecule has 3 aromatic heterocycles. The summed E-state index contributed by atoms with van der Waals surface area (Å²) in [4.78, 5) is 37.5. The van der Waals surface area contributed by atoms with Crippen LogP contribution >= 0.6 is 34.0 Å². The minimum Gasteiger partial charge on any atom is -0.444 e. The van der Waals surface area contributed by atoms with Gasteiger partial charge in [-0.3, -0.25) is 10.1 Å². The van der Waals surface area contributed by atoms with Gasteiger partial charge < -0.3 is 9.64 Å². The highest BCUT2D eigenvalue weighted by Gasteiger charge is 2.28. The van der Waals surface area contributed by atoms with Gasteiger partial charge in [-0.2, -0.15) is 11.3 Å². The van der Waals surface area contributed by atoms with E-state index in [2.05, 4.69) is 15.3 Å². The van der Waals surface area contributed by atoms with E-state index in [9.17, 15) is 9.59 Å². The van der Waals surface area contributed by atoms with Crippen molar-refractivity contribution in [1.29, 1.82) is 0 Å². The zero-order chi connectivity index (χ0) is 21.5. The molecule has 0 aliphatic carbocycles. The van der Waals surface area contributed by atoms with Crippen LogP contribution in [-0.4, -0.2) is 39.0 Å². The average Bonchev–Trinajstić information content (AvgIpc) is 3.38. The molecule has 0 spiro atoms. The summed E-state index contributed by atoms with van der Waals surface area (Å²) < 4.78 is 5.46. The molecule has 0 fully saturated rings. The van der Waals surface area contributed by atoms with E-state index in [1.54, 1.807) is 16.2 Å². The number of aromatic nitrogens is 2.